The predicted molar refractivity (Wildman–Crippen MR) is 93.6 cm³/mol. The highest BCUT2D eigenvalue weighted by Crippen LogP contribution is 2.30. The number of benzene rings is 1. The third-order valence-corrected chi connectivity index (χ3v) is 5.74. The van der Waals surface area contributed by atoms with Crippen LogP contribution in [-0.4, -0.2) is 31.0 Å². The Kier molecular flexibility index (Phi) is 8.08. The van der Waals surface area contributed by atoms with Crippen molar-refractivity contribution in [1.82, 2.24) is 0 Å². The first-order chi connectivity index (χ1) is 10.7. The number of allylic oxidation sites excluding steroid dienone is 1. The SMILES string of the molecule is CC(C(=CS(=O)(=O)c1ccccc1)OP)C(C)C(OP)C(O)O. The summed E-state index contributed by atoms with van der Waals surface area (Å²) >= 11 is 0. The lowest BCUT2D eigenvalue weighted by Crippen LogP contribution is -2.36. The summed E-state index contributed by atoms with van der Waals surface area (Å²) in [5.74, 6) is -0.664. The molecule has 5 atom stereocenters. The number of rotatable bonds is 8. The van der Waals surface area contributed by atoms with Crippen LogP contribution in [0.3, 0.4) is 0 Å². The van der Waals surface area contributed by atoms with Crippen molar-refractivity contribution in [3.63, 3.8) is 0 Å². The van der Waals surface area contributed by atoms with Crippen LogP contribution in [0.4, 0.5) is 0 Å². The van der Waals surface area contributed by atoms with E-state index in [1.807, 2.05) is 18.9 Å². The predicted octanol–water partition coefficient (Wildman–Crippen LogP) is 1.87. The van der Waals surface area contributed by atoms with Crippen molar-refractivity contribution < 1.29 is 27.7 Å². The highest BCUT2D eigenvalue weighted by molar-refractivity contribution is 7.94. The number of hydrogen-bond acceptors (Lipinski definition) is 6. The highest BCUT2D eigenvalue weighted by Gasteiger charge is 2.31. The molecule has 9 heteroatoms. The molecule has 0 aliphatic rings. The molecule has 1 aromatic carbocycles. The summed E-state index contributed by atoms with van der Waals surface area (Å²) in [7, 11) is 0.319. The zero-order valence-corrected chi connectivity index (χ0v) is 16.0. The standard InChI is InChI=1S/C14H22O6P2S/c1-9(10(2)13(20-22)14(15)16)12(19-21)8-23(17,18)11-6-4-3-5-7-11/h3-10,13-16H,21-22H2,1-2H3. The smallest absolute Gasteiger partial charge is 0.203 e. The number of aliphatic hydroxyl groups excluding tert-OH is 1. The Morgan fingerprint density at radius 3 is 2.17 bits per heavy atom. The number of sulfone groups is 1. The monoisotopic (exact) mass is 380 g/mol. The van der Waals surface area contributed by atoms with Gasteiger partial charge in [0.1, 0.15) is 11.9 Å². The molecule has 0 aliphatic carbocycles. The van der Waals surface area contributed by atoms with E-state index in [0.29, 0.717) is 0 Å². The molecule has 23 heavy (non-hydrogen) atoms. The van der Waals surface area contributed by atoms with E-state index in [4.69, 9.17) is 9.05 Å². The van der Waals surface area contributed by atoms with Gasteiger partial charge in [0.05, 0.1) is 19.8 Å². The van der Waals surface area contributed by atoms with E-state index in [-0.39, 0.29) is 10.7 Å². The molecule has 0 heterocycles. The Balaban J connectivity index is 3.12. The Hall–Kier alpha value is -0.550. The Labute approximate surface area is 141 Å². The maximum absolute atomic E-state index is 12.4. The summed E-state index contributed by atoms with van der Waals surface area (Å²) in [5, 5.41) is 19.7. The maximum atomic E-state index is 12.4. The normalized spacial score (nSPS) is 16.9. The molecule has 0 fully saturated rings. The van der Waals surface area contributed by atoms with Crippen LogP contribution in [0.1, 0.15) is 13.8 Å². The van der Waals surface area contributed by atoms with Crippen LogP contribution < -0.4 is 0 Å². The van der Waals surface area contributed by atoms with Gasteiger partial charge in [-0.15, -0.1) is 0 Å². The van der Waals surface area contributed by atoms with Gasteiger partial charge in [0.25, 0.3) is 0 Å². The quantitative estimate of drug-likeness (QED) is 0.406. The zero-order valence-electron chi connectivity index (χ0n) is 12.9. The van der Waals surface area contributed by atoms with Crippen LogP contribution in [0.5, 0.6) is 0 Å². The third-order valence-electron chi connectivity index (χ3n) is 3.69. The van der Waals surface area contributed by atoms with E-state index in [2.05, 4.69) is 0 Å². The first-order valence-corrected chi connectivity index (χ1v) is 9.33. The van der Waals surface area contributed by atoms with Gasteiger partial charge >= 0.3 is 0 Å². The second-order valence-electron chi connectivity index (χ2n) is 5.16. The molecule has 0 aliphatic heterocycles. The van der Waals surface area contributed by atoms with Gasteiger partial charge in [0.2, 0.25) is 9.84 Å². The molecule has 0 aromatic heterocycles. The van der Waals surface area contributed by atoms with Gasteiger partial charge in [-0.2, -0.15) is 0 Å². The van der Waals surface area contributed by atoms with Gasteiger partial charge in [0, 0.05) is 15.4 Å². The number of hydrogen-bond donors (Lipinski definition) is 2. The van der Waals surface area contributed by atoms with E-state index in [1.165, 1.54) is 12.1 Å². The van der Waals surface area contributed by atoms with E-state index in [1.54, 1.807) is 32.0 Å². The summed E-state index contributed by atoms with van der Waals surface area (Å²) in [5.41, 5.74) is 0. The molecule has 0 spiro atoms. The van der Waals surface area contributed by atoms with Crippen molar-refractivity contribution in [2.75, 3.05) is 0 Å². The highest BCUT2D eigenvalue weighted by atomic mass is 32.2. The molecule has 5 unspecified atom stereocenters. The molecule has 6 nitrogen and oxygen atoms in total. The van der Waals surface area contributed by atoms with Gasteiger partial charge in [-0.3, -0.25) is 0 Å². The topological polar surface area (TPSA) is 93.1 Å². The van der Waals surface area contributed by atoms with Gasteiger partial charge in [-0.05, 0) is 18.1 Å². The van der Waals surface area contributed by atoms with Crippen LogP contribution in [0.25, 0.3) is 0 Å². The molecule has 1 rings (SSSR count). The van der Waals surface area contributed by atoms with Crippen molar-refractivity contribution in [3.8, 4) is 0 Å². The Morgan fingerprint density at radius 2 is 1.74 bits per heavy atom. The van der Waals surface area contributed by atoms with Crippen molar-refractivity contribution in [1.29, 1.82) is 0 Å². The average molecular weight is 380 g/mol. The summed E-state index contributed by atoms with van der Waals surface area (Å²) in [6.45, 7) is 3.44. The molecular formula is C14H22O6P2S. The minimum Gasteiger partial charge on any atom is -0.484 e. The van der Waals surface area contributed by atoms with Crippen LogP contribution in [0.15, 0.2) is 46.4 Å². The molecule has 0 saturated heterocycles. The Morgan fingerprint density at radius 1 is 1.17 bits per heavy atom. The van der Waals surface area contributed by atoms with Crippen molar-refractivity contribution in [2.45, 2.75) is 31.1 Å². The molecule has 0 amide bonds. The molecular weight excluding hydrogens is 358 g/mol. The van der Waals surface area contributed by atoms with Gasteiger partial charge in [-0.25, -0.2) is 8.42 Å². The van der Waals surface area contributed by atoms with Crippen molar-refractivity contribution >= 4 is 28.8 Å². The number of aliphatic hydroxyl groups is 2. The van der Waals surface area contributed by atoms with E-state index < -0.39 is 34.1 Å². The van der Waals surface area contributed by atoms with E-state index in [0.717, 1.165) is 5.41 Å². The summed E-state index contributed by atoms with van der Waals surface area (Å²) in [6.07, 6.45) is -2.60. The molecule has 0 bridgehead atoms. The molecule has 2 N–H and O–H groups in total. The fraction of sp³-hybridized carbons (Fsp3) is 0.429. The first-order valence-electron chi connectivity index (χ1n) is 6.84. The summed E-state index contributed by atoms with van der Waals surface area (Å²) in [4.78, 5) is 0.153. The second kappa shape index (κ2) is 9.07. The molecule has 1 aromatic rings. The maximum Gasteiger partial charge on any atom is 0.203 e. The van der Waals surface area contributed by atoms with Gasteiger partial charge in [0.15, 0.2) is 6.29 Å². The van der Waals surface area contributed by atoms with Crippen LogP contribution in [-0.2, 0) is 18.9 Å². The van der Waals surface area contributed by atoms with Crippen molar-refractivity contribution in [3.05, 3.63) is 41.5 Å². The van der Waals surface area contributed by atoms with E-state index in [9.17, 15) is 18.6 Å². The van der Waals surface area contributed by atoms with Gasteiger partial charge in [-0.1, -0.05) is 32.0 Å². The molecule has 0 radical (unpaired) electrons. The van der Waals surface area contributed by atoms with Crippen LogP contribution in [0.2, 0.25) is 0 Å². The minimum atomic E-state index is -3.67. The average Bonchev–Trinajstić information content (AvgIpc) is 2.53. The van der Waals surface area contributed by atoms with E-state index >= 15 is 0 Å². The lowest BCUT2D eigenvalue weighted by molar-refractivity contribution is -0.128. The Bertz CT molecular complexity index is 617. The lowest BCUT2D eigenvalue weighted by Gasteiger charge is -2.29. The van der Waals surface area contributed by atoms with Crippen molar-refractivity contribution in [2.24, 2.45) is 11.8 Å². The molecule has 0 saturated carbocycles. The lowest BCUT2D eigenvalue weighted by atomic mass is 9.89. The summed E-state index contributed by atoms with van der Waals surface area (Å²) < 4.78 is 34.9. The van der Waals surface area contributed by atoms with Crippen LogP contribution in [0, 0.1) is 11.8 Å². The fourth-order valence-corrected chi connectivity index (χ4v) is 4.10. The zero-order chi connectivity index (χ0) is 17.6. The fourth-order valence-electron chi connectivity index (χ4n) is 2.08. The first kappa shape index (κ1) is 20.5. The van der Waals surface area contributed by atoms with Crippen LogP contribution >= 0.6 is 18.9 Å². The second-order valence-corrected chi connectivity index (χ2v) is 7.46. The summed E-state index contributed by atoms with van der Waals surface area (Å²) in [6, 6.07) is 7.98. The third kappa shape index (κ3) is 5.49. The molecule has 130 valence electrons. The largest absolute Gasteiger partial charge is 0.484 e. The van der Waals surface area contributed by atoms with Gasteiger partial charge < -0.3 is 19.3 Å². The minimum absolute atomic E-state index is 0.153.